The molecule has 0 unspecified atom stereocenters. The normalized spacial score (nSPS) is 10.3. The molecule has 0 aliphatic heterocycles. The van der Waals surface area contributed by atoms with E-state index in [2.05, 4.69) is 4.98 Å². The molecule has 1 heterocycles. The van der Waals surface area contributed by atoms with Crippen LogP contribution in [0.3, 0.4) is 0 Å². The van der Waals surface area contributed by atoms with Crippen LogP contribution in [-0.4, -0.2) is 4.98 Å². The van der Waals surface area contributed by atoms with Crippen molar-refractivity contribution in [3.05, 3.63) is 52.4 Å². The highest BCUT2D eigenvalue weighted by Gasteiger charge is 2.01. The van der Waals surface area contributed by atoms with E-state index >= 15 is 0 Å². The van der Waals surface area contributed by atoms with Gasteiger partial charge >= 0.3 is 0 Å². The maximum Gasteiger partial charge on any atom is 0.126 e. The van der Waals surface area contributed by atoms with Crippen LogP contribution in [0.15, 0.2) is 36.5 Å². The Morgan fingerprint density at radius 3 is 2.67 bits per heavy atom. The monoisotopic (exact) mass is 219 g/mol. The molecule has 0 saturated carbocycles. The van der Waals surface area contributed by atoms with Crippen LogP contribution in [0.5, 0.6) is 0 Å². The first-order valence-corrected chi connectivity index (χ1v) is 5.03. The predicted molar refractivity (Wildman–Crippen MR) is 61.8 cm³/mol. The van der Waals surface area contributed by atoms with Crippen LogP contribution >= 0.6 is 12.2 Å². The lowest BCUT2D eigenvalue weighted by atomic mass is 10.1. The predicted octanol–water partition coefficient (Wildman–Crippen LogP) is 3.86. The van der Waals surface area contributed by atoms with Gasteiger partial charge in [-0.25, -0.2) is 4.39 Å². The van der Waals surface area contributed by atoms with E-state index in [4.69, 9.17) is 12.2 Å². The van der Waals surface area contributed by atoms with E-state index in [0.29, 0.717) is 5.56 Å². The summed E-state index contributed by atoms with van der Waals surface area (Å²) in [4.78, 5) is 3.08. The Morgan fingerprint density at radius 1 is 1.20 bits per heavy atom. The van der Waals surface area contributed by atoms with Gasteiger partial charge in [0.1, 0.15) is 5.82 Å². The largest absolute Gasteiger partial charge is 0.361 e. The highest BCUT2D eigenvalue weighted by atomic mass is 32.1. The Kier molecular flexibility index (Phi) is 2.64. The molecule has 1 nitrogen and oxygen atoms in total. The Hall–Kier alpha value is -1.48. The maximum atomic E-state index is 13.1. The van der Waals surface area contributed by atoms with Crippen molar-refractivity contribution in [2.75, 3.05) is 0 Å². The maximum absolute atomic E-state index is 13.1. The zero-order valence-corrected chi connectivity index (χ0v) is 9.07. The van der Waals surface area contributed by atoms with Crippen molar-refractivity contribution in [3.63, 3.8) is 0 Å². The lowest BCUT2D eigenvalue weighted by molar-refractivity contribution is 0.619. The van der Waals surface area contributed by atoms with E-state index in [1.807, 2.05) is 12.1 Å². The molecule has 2 rings (SSSR count). The van der Waals surface area contributed by atoms with Crippen LogP contribution in [0.4, 0.5) is 4.39 Å². The van der Waals surface area contributed by atoms with Crippen molar-refractivity contribution in [1.82, 2.24) is 4.98 Å². The first-order chi connectivity index (χ1) is 7.16. The molecule has 1 aromatic carbocycles. The van der Waals surface area contributed by atoms with Crippen LogP contribution in [0.2, 0.25) is 0 Å². The lowest BCUT2D eigenvalue weighted by Gasteiger charge is -2.03. The molecule has 0 bridgehead atoms. The van der Waals surface area contributed by atoms with Crippen molar-refractivity contribution in [1.29, 1.82) is 0 Å². The molecule has 0 amide bonds. The molecule has 1 aromatic heterocycles. The lowest BCUT2D eigenvalue weighted by Crippen LogP contribution is -1.86. The summed E-state index contributed by atoms with van der Waals surface area (Å²) < 4.78 is 13.8. The van der Waals surface area contributed by atoms with Gasteiger partial charge in [0.05, 0.1) is 0 Å². The first-order valence-electron chi connectivity index (χ1n) is 4.62. The average molecular weight is 219 g/mol. The molecule has 3 heteroatoms. The summed E-state index contributed by atoms with van der Waals surface area (Å²) in [5, 5.41) is 0. The van der Waals surface area contributed by atoms with Crippen LogP contribution in [0.25, 0.3) is 11.3 Å². The van der Waals surface area contributed by atoms with Gasteiger partial charge in [0.2, 0.25) is 0 Å². The van der Waals surface area contributed by atoms with Gasteiger partial charge < -0.3 is 4.98 Å². The number of H-pyrrole nitrogens is 1. The number of benzene rings is 1. The van der Waals surface area contributed by atoms with Crippen molar-refractivity contribution in [3.8, 4) is 11.3 Å². The highest BCUT2D eigenvalue weighted by molar-refractivity contribution is 7.71. The summed E-state index contributed by atoms with van der Waals surface area (Å²) in [7, 11) is 0. The number of aryl methyl sites for hydroxylation is 1. The Balaban J connectivity index is 2.55. The average Bonchev–Trinajstić information content (AvgIpc) is 2.22. The molecule has 0 atom stereocenters. The van der Waals surface area contributed by atoms with Gasteiger partial charge in [0.15, 0.2) is 0 Å². The number of rotatable bonds is 1. The smallest absolute Gasteiger partial charge is 0.126 e. The topological polar surface area (TPSA) is 15.8 Å². The summed E-state index contributed by atoms with van der Waals surface area (Å²) >= 11 is 5.06. The molecular formula is C12H10FNS. The molecule has 0 fully saturated rings. The molecule has 0 spiro atoms. The van der Waals surface area contributed by atoms with Gasteiger partial charge in [0.25, 0.3) is 0 Å². The number of halogens is 1. The fourth-order valence-corrected chi connectivity index (χ4v) is 1.61. The molecule has 2 aromatic rings. The number of aromatic nitrogens is 1. The quantitative estimate of drug-likeness (QED) is 0.720. The Bertz CT molecular complexity index is 545. The van der Waals surface area contributed by atoms with Crippen molar-refractivity contribution < 1.29 is 4.39 Å². The van der Waals surface area contributed by atoms with E-state index in [1.54, 1.807) is 25.3 Å². The van der Waals surface area contributed by atoms with Crippen LogP contribution in [0, 0.1) is 17.3 Å². The van der Waals surface area contributed by atoms with Crippen molar-refractivity contribution in [2.24, 2.45) is 0 Å². The van der Waals surface area contributed by atoms with Crippen LogP contribution in [-0.2, 0) is 0 Å². The molecule has 0 radical (unpaired) electrons. The van der Waals surface area contributed by atoms with Gasteiger partial charge in [-0.15, -0.1) is 0 Å². The number of nitrogens with one attached hydrogen (secondary N) is 1. The third kappa shape index (κ3) is 2.13. The standard InChI is InChI=1S/C12H10FNS/c1-8-6-9(2-3-11(8)13)12-7-10(15)4-5-14-12/h2-7H,1H3,(H,14,15). The van der Waals surface area contributed by atoms with Gasteiger partial charge in [0, 0.05) is 16.4 Å². The number of hydrogen-bond acceptors (Lipinski definition) is 1. The second-order valence-corrected chi connectivity index (χ2v) is 3.87. The van der Waals surface area contributed by atoms with Gasteiger partial charge in [-0.05, 0) is 48.4 Å². The molecule has 1 N–H and O–H groups in total. The minimum Gasteiger partial charge on any atom is -0.361 e. The summed E-state index contributed by atoms with van der Waals surface area (Å²) in [6.07, 6.45) is 1.79. The summed E-state index contributed by atoms with van der Waals surface area (Å²) in [6.45, 7) is 1.75. The SMILES string of the molecule is Cc1cc(-c2cc(=S)cc[nH]2)ccc1F. The number of pyridine rings is 1. The van der Waals surface area contributed by atoms with Crippen molar-refractivity contribution >= 4 is 12.2 Å². The molecule has 0 saturated heterocycles. The fraction of sp³-hybridized carbons (Fsp3) is 0.0833. The first kappa shape index (κ1) is 10.1. The second kappa shape index (κ2) is 3.95. The van der Waals surface area contributed by atoms with E-state index in [9.17, 15) is 4.39 Å². The van der Waals surface area contributed by atoms with E-state index in [-0.39, 0.29) is 5.82 Å². The van der Waals surface area contributed by atoms with E-state index < -0.39 is 0 Å². The molecule has 15 heavy (non-hydrogen) atoms. The number of hydrogen-bond donors (Lipinski definition) is 1. The molecule has 76 valence electrons. The molecule has 0 aliphatic carbocycles. The third-order valence-electron chi connectivity index (χ3n) is 2.24. The highest BCUT2D eigenvalue weighted by Crippen LogP contribution is 2.19. The zero-order chi connectivity index (χ0) is 10.8. The van der Waals surface area contributed by atoms with Gasteiger partial charge in [-0.3, -0.25) is 0 Å². The third-order valence-corrected chi connectivity index (χ3v) is 2.50. The summed E-state index contributed by atoms with van der Waals surface area (Å²) in [5.41, 5.74) is 2.49. The van der Waals surface area contributed by atoms with Crippen LogP contribution in [0.1, 0.15) is 5.56 Å². The summed E-state index contributed by atoms with van der Waals surface area (Å²) in [6, 6.07) is 8.69. The van der Waals surface area contributed by atoms with E-state index in [0.717, 1.165) is 15.8 Å². The molecular weight excluding hydrogens is 209 g/mol. The van der Waals surface area contributed by atoms with Gasteiger partial charge in [-0.2, -0.15) is 0 Å². The number of aromatic amines is 1. The van der Waals surface area contributed by atoms with Crippen LogP contribution < -0.4 is 0 Å². The van der Waals surface area contributed by atoms with E-state index in [1.165, 1.54) is 6.07 Å². The fourth-order valence-electron chi connectivity index (χ4n) is 1.42. The van der Waals surface area contributed by atoms with Gasteiger partial charge in [-0.1, -0.05) is 12.2 Å². The minimum absolute atomic E-state index is 0.187. The Morgan fingerprint density at radius 2 is 2.00 bits per heavy atom. The second-order valence-electron chi connectivity index (χ2n) is 3.40. The minimum atomic E-state index is -0.187. The zero-order valence-electron chi connectivity index (χ0n) is 8.25. The molecule has 0 aliphatic rings. The van der Waals surface area contributed by atoms with Crippen molar-refractivity contribution in [2.45, 2.75) is 6.92 Å². The summed E-state index contributed by atoms with van der Waals surface area (Å²) in [5.74, 6) is -0.187. The Labute approximate surface area is 92.6 Å².